The molecule has 0 radical (unpaired) electrons. The maximum atomic E-state index is 12.4. The first-order valence-electron chi connectivity index (χ1n) is 9.43. The average molecular weight is 329 g/mol. The van der Waals surface area contributed by atoms with Gasteiger partial charge in [0.2, 0.25) is 0 Å². The predicted octanol–water partition coefficient (Wildman–Crippen LogP) is 2.52. The molecule has 2 amide bonds. The highest BCUT2D eigenvalue weighted by Crippen LogP contribution is 2.38. The fourth-order valence-electron chi connectivity index (χ4n) is 3.73. The molecule has 1 N–H and O–H groups in total. The number of nitrogens with one attached hydrogen (secondary N) is 1. The van der Waals surface area contributed by atoms with E-state index in [1.165, 1.54) is 32.1 Å². The van der Waals surface area contributed by atoms with Gasteiger partial charge in [-0.15, -0.1) is 0 Å². The molecule has 0 bridgehead atoms. The van der Waals surface area contributed by atoms with Crippen LogP contribution in [0.15, 0.2) is 12.3 Å². The van der Waals surface area contributed by atoms with Crippen molar-refractivity contribution in [3.63, 3.8) is 0 Å². The Labute approximate surface area is 143 Å². The summed E-state index contributed by atoms with van der Waals surface area (Å²) in [5, 5.41) is 3.22. The molecule has 0 atom stereocenters. The summed E-state index contributed by atoms with van der Waals surface area (Å²) in [6, 6.07) is 2.49. The van der Waals surface area contributed by atoms with Gasteiger partial charge >= 0.3 is 6.03 Å². The number of nitrogens with zero attached hydrogens (tertiary/aromatic N) is 4. The molecule has 2 saturated carbocycles. The van der Waals surface area contributed by atoms with Gasteiger partial charge in [0.25, 0.3) is 0 Å². The molecule has 6 nitrogen and oxygen atoms in total. The van der Waals surface area contributed by atoms with Crippen LogP contribution in [0.25, 0.3) is 0 Å². The quantitative estimate of drug-likeness (QED) is 0.925. The minimum Gasteiger partial charge on any atom is -0.353 e. The van der Waals surface area contributed by atoms with E-state index in [0.717, 1.165) is 50.7 Å². The van der Waals surface area contributed by atoms with Gasteiger partial charge in [-0.2, -0.15) is 0 Å². The number of rotatable bonds is 3. The van der Waals surface area contributed by atoms with E-state index >= 15 is 0 Å². The maximum absolute atomic E-state index is 12.4. The highest BCUT2D eigenvalue weighted by molar-refractivity contribution is 5.74. The summed E-state index contributed by atoms with van der Waals surface area (Å²) >= 11 is 0. The normalized spacial score (nSPS) is 22.5. The molecular formula is C18H27N5O. The molecule has 1 saturated heterocycles. The van der Waals surface area contributed by atoms with Crippen LogP contribution in [-0.4, -0.2) is 53.1 Å². The van der Waals surface area contributed by atoms with Crippen molar-refractivity contribution in [3.05, 3.63) is 18.1 Å². The van der Waals surface area contributed by atoms with Crippen LogP contribution in [0.2, 0.25) is 0 Å². The predicted molar refractivity (Wildman–Crippen MR) is 93.2 cm³/mol. The van der Waals surface area contributed by atoms with Crippen LogP contribution in [0.4, 0.5) is 10.6 Å². The Morgan fingerprint density at radius 2 is 1.79 bits per heavy atom. The fraction of sp³-hybridized carbons (Fsp3) is 0.722. The molecule has 0 aromatic carbocycles. The van der Waals surface area contributed by atoms with E-state index in [1.807, 2.05) is 17.2 Å². The first-order chi connectivity index (χ1) is 11.8. The smallest absolute Gasteiger partial charge is 0.317 e. The second-order valence-electron chi connectivity index (χ2n) is 7.31. The Morgan fingerprint density at radius 1 is 1.04 bits per heavy atom. The van der Waals surface area contributed by atoms with E-state index in [-0.39, 0.29) is 6.03 Å². The molecule has 4 rings (SSSR count). The first-order valence-corrected chi connectivity index (χ1v) is 9.43. The summed E-state index contributed by atoms with van der Waals surface area (Å²) in [5.74, 6) is 2.58. The third-order valence-corrected chi connectivity index (χ3v) is 5.43. The van der Waals surface area contributed by atoms with Gasteiger partial charge in [0, 0.05) is 44.3 Å². The van der Waals surface area contributed by atoms with Gasteiger partial charge in [-0.1, -0.05) is 19.3 Å². The van der Waals surface area contributed by atoms with Crippen molar-refractivity contribution in [2.75, 3.05) is 31.1 Å². The highest BCUT2D eigenvalue weighted by atomic mass is 16.2. The number of carbonyl (C=O) groups is 1. The lowest BCUT2D eigenvalue weighted by atomic mass is 9.96. The molecule has 0 unspecified atom stereocenters. The lowest BCUT2D eigenvalue weighted by Gasteiger charge is -2.36. The Bertz CT molecular complexity index is 575. The van der Waals surface area contributed by atoms with Gasteiger partial charge in [0.05, 0.1) is 0 Å². The Balaban J connectivity index is 1.29. The highest BCUT2D eigenvalue weighted by Gasteiger charge is 2.28. The van der Waals surface area contributed by atoms with E-state index < -0.39 is 0 Å². The number of amides is 2. The van der Waals surface area contributed by atoms with Crippen LogP contribution < -0.4 is 10.2 Å². The zero-order chi connectivity index (χ0) is 16.4. The summed E-state index contributed by atoms with van der Waals surface area (Å²) < 4.78 is 0. The van der Waals surface area contributed by atoms with Crippen LogP contribution in [0, 0.1) is 0 Å². The van der Waals surface area contributed by atoms with Crippen molar-refractivity contribution in [1.82, 2.24) is 20.2 Å². The Kier molecular flexibility index (Phi) is 4.54. The molecule has 1 aromatic rings. The topological polar surface area (TPSA) is 61.4 Å². The molecular weight excluding hydrogens is 302 g/mol. The monoisotopic (exact) mass is 329 g/mol. The summed E-state index contributed by atoms with van der Waals surface area (Å²) in [6.45, 7) is 3.22. The average Bonchev–Trinajstić information content (AvgIpc) is 3.48. The number of carbonyl (C=O) groups excluding carboxylic acids is 1. The number of anilines is 1. The summed E-state index contributed by atoms with van der Waals surface area (Å²) in [4.78, 5) is 25.8. The van der Waals surface area contributed by atoms with E-state index in [2.05, 4.69) is 15.2 Å². The van der Waals surface area contributed by atoms with Crippen LogP contribution >= 0.6 is 0 Å². The van der Waals surface area contributed by atoms with E-state index in [4.69, 9.17) is 4.98 Å². The lowest BCUT2D eigenvalue weighted by molar-refractivity contribution is 0.186. The van der Waals surface area contributed by atoms with E-state index in [9.17, 15) is 4.79 Å². The van der Waals surface area contributed by atoms with Crippen LogP contribution in [0.1, 0.15) is 56.7 Å². The Hall–Kier alpha value is -1.85. The van der Waals surface area contributed by atoms with Gasteiger partial charge in [-0.25, -0.2) is 14.8 Å². The maximum Gasteiger partial charge on any atom is 0.317 e. The summed E-state index contributed by atoms with van der Waals surface area (Å²) in [5.41, 5.74) is 0. The van der Waals surface area contributed by atoms with Gasteiger partial charge in [-0.05, 0) is 31.7 Å². The van der Waals surface area contributed by atoms with Gasteiger partial charge in [0.15, 0.2) is 0 Å². The van der Waals surface area contributed by atoms with E-state index in [1.54, 1.807) is 0 Å². The second kappa shape index (κ2) is 6.95. The zero-order valence-electron chi connectivity index (χ0n) is 14.3. The Morgan fingerprint density at radius 3 is 2.50 bits per heavy atom. The third-order valence-electron chi connectivity index (χ3n) is 5.43. The van der Waals surface area contributed by atoms with Crippen molar-refractivity contribution < 1.29 is 4.79 Å². The molecule has 3 fully saturated rings. The van der Waals surface area contributed by atoms with Crippen molar-refractivity contribution >= 4 is 11.8 Å². The number of urea groups is 1. The number of aromatic nitrogens is 2. The minimum atomic E-state index is 0.114. The SMILES string of the molecule is O=C(NC1CCCCC1)N1CCN(c2ccnc(C3CC3)n2)CC1. The van der Waals surface area contributed by atoms with Crippen molar-refractivity contribution in [3.8, 4) is 0 Å². The van der Waals surface area contributed by atoms with Crippen LogP contribution in [0.5, 0.6) is 0 Å². The van der Waals surface area contributed by atoms with Gasteiger partial charge in [-0.3, -0.25) is 0 Å². The standard InChI is InChI=1S/C18H27N5O/c24-18(20-15-4-2-1-3-5-15)23-12-10-22(11-13-23)16-8-9-19-17(21-16)14-6-7-14/h8-9,14-15H,1-7,10-13H2,(H,20,24). The van der Waals surface area contributed by atoms with Gasteiger partial charge < -0.3 is 15.1 Å². The minimum absolute atomic E-state index is 0.114. The summed E-state index contributed by atoms with van der Waals surface area (Å²) in [6.07, 6.45) is 10.4. The number of hydrogen-bond donors (Lipinski definition) is 1. The number of hydrogen-bond acceptors (Lipinski definition) is 4. The molecule has 6 heteroatoms. The molecule has 24 heavy (non-hydrogen) atoms. The fourth-order valence-corrected chi connectivity index (χ4v) is 3.73. The molecule has 1 aromatic heterocycles. The van der Waals surface area contributed by atoms with Crippen LogP contribution in [0.3, 0.4) is 0 Å². The largest absolute Gasteiger partial charge is 0.353 e. The van der Waals surface area contributed by atoms with Crippen LogP contribution in [-0.2, 0) is 0 Å². The van der Waals surface area contributed by atoms with E-state index in [0.29, 0.717) is 12.0 Å². The van der Waals surface area contributed by atoms with Crippen molar-refractivity contribution in [1.29, 1.82) is 0 Å². The summed E-state index contributed by atoms with van der Waals surface area (Å²) in [7, 11) is 0. The molecule has 2 heterocycles. The second-order valence-corrected chi connectivity index (χ2v) is 7.31. The van der Waals surface area contributed by atoms with Gasteiger partial charge in [0.1, 0.15) is 11.6 Å². The molecule has 0 spiro atoms. The van der Waals surface area contributed by atoms with Crippen molar-refractivity contribution in [2.45, 2.75) is 56.9 Å². The molecule has 2 aliphatic carbocycles. The molecule has 1 aliphatic heterocycles. The molecule has 3 aliphatic rings. The lowest BCUT2D eigenvalue weighted by Crippen LogP contribution is -2.53. The zero-order valence-corrected chi connectivity index (χ0v) is 14.3. The first kappa shape index (κ1) is 15.7. The third kappa shape index (κ3) is 3.62. The number of piperazine rings is 1. The molecule has 130 valence electrons. The van der Waals surface area contributed by atoms with Crippen molar-refractivity contribution in [2.24, 2.45) is 0 Å².